The molecule has 0 fully saturated rings. The Balaban J connectivity index is 2.92. The normalized spacial score (nSPS) is 11.8. The van der Waals surface area contributed by atoms with Crippen LogP contribution < -0.4 is 5.59 Å². The SMILES string of the molecule is CC(C)(C)n1ccc(B(O)O)n1. The molecule has 0 aliphatic heterocycles. The summed E-state index contributed by atoms with van der Waals surface area (Å²) in [5.41, 5.74) is 0.164. The van der Waals surface area contributed by atoms with E-state index in [1.165, 1.54) is 0 Å². The van der Waals surface area contributed by atoms with Crippen molar-refractivity contribution in [1.29, 1.82) is 0 Å². The van der Waals surface area contributed by atoms with Crippen molar-refractivity contribution in [3.05, 3.63) is 12.3 Å². The van der Waals surface area contributed by atoms with E-state index in [9.17, 15) is 0 Å². The van der Waals surface area contributed by atoms with E-state index in [1.807, 2.05) is 20.8 Å². The van der Waals surface area contributed by atoms with E-state index in [4.69, 9.17) is 10.0 Å². The average Bonchev–Trinajstić information content (AvgIpc) is 2.30. The molecule has 0 aliphatic rings. The standard InChI is InChI=1S/C7H13BN2O2/c1-7(2,3)10-5-4-6(9-10)8(11)12/h4-5,11-12H,1-3H3. The molecular weight excluding hydrogens is 155 g/mol. The minimum absolute atomic E-state index is 0.118. The molecule has 0 saturated carbocycles. The van der Waals surface area contributed by atoms with Gasteiger partial charge >= 0.3 is 7.12 Å². The molecule has 5 heteroatoms. The van der Waals surface area contributed by atoms with Crippen LogP contribution >= 0.6 is 0 Å². The van der Waals surface area contributed by atoms with Gasteiger partial charge in [-0.1, -0.05) is 0 Å². The first-order valence-electron chi connectivity index (χ1n) is 3.83. The fraction of sp³-hybridized carbons (Fsp3) is 0.571. The maximum atomic E-state index is 8.78. The van der Waals surface area contributed by atoms with Gasteiger partial charge in [0.05, 0.1) is 11.1 Å². The summed E-state index contributed by atoms with van der Waals surface area (Å²) in [5.74, 6) is 0. The summed E-state index contributed by atoms with van der Waals surface area (Å²) < 4.78 is 1.70. The predicted octanol–water partition coefficient (Wildman–Crippen LogP) is -0.682. The summed E-state index contributed by atoms with van der Waals surface area (Å²) in [4.78, 5) is 0. The van der Waals surface area contributed by atoms with Crippen molar-refractivity contribution in [2.75, 3.05) is 0 Å². The van der Waals surface area contributed by atoms with Gasteiger partial charge in [0.2, 0.25) is 0 Å². The topological polar surface area (TPSA) is 58.3 Å². The van der Waals surface area contributed by atoms with Gasteiger partial charge in [-0.3, -0.25) is 4.68 Å². The Labute approximate surface area is 72.0 Å². The monoisotopic (exact) mass is 168 g/mol. The fourth-order valence-corrected chi connectivity index (χ4v) is 0.849. The maximum Gasteiger partial charge on any atom is 0.510 e. The number of hydrogen-bond acceptors (Lipinski definition) is 3. The van der Waals surface area contributed by atoms with Gasteiger partial charge in [-0.2, -0.15) is 5.10 Å². The summed E-state index contributed by atoms with van der Waals surface area (Å²) in [5, 5.41) is 21.6. The zero-order valence-corrected chi connectivity index (χ0v) is 7.52. The summed E-state index contributed by atoms with van der Waals surface area (Å²) in [7, 11) is -1.48. The van der Waals surface area contributed by atoms with Crippen LogP contribution in [0.5, 0.6) is 0 Å². The van der Waals surface area contributed by atoms with E-state index in [0.29, 0.717) is 0 Å². The van der Waals surface area contributed by atoms with Crippen molar-refractivity contribution in [2.24, 2.45) is 0 Å². The van der Waals surface area contributed by atoms with E-state index in [-0.39, 0.29) is 11.1 Å². The zero-order valence-electron chi connectivity index (χ0n) is 7.52. The molecule has 1 heterocycles. The molecule has 2 N–H and O–H groups in total. The highest BCUT2D eigenvalue weighted by Crippen LogP contribution is 2.09. The molecule has 0 amide bonds. The smallest absolute Gasteiger partial charge is 0.422 e. The minimum atomic E-state index is -1.48. The molecule has 0 radical (unpaired) electrons. The van der Waals surface area contributed by atoms with Crippen molar-refractivity contribution >= 4 is 12.7 Å². The molecule has 12 heavy (non-hydrogen) atoms. The first-order valence-corrected chi connectivity index (χ1v) is 3.83. The number of nitrogens with zero attached hydrogens (tertiary/aromatic N) is 2. The summed E-state index contributed by atoms with van der Waals surface area (Å²) >= 11 is 0. The van der Waals surface area contributed by atoms with E-state index in [2.05, 4.69) is 5.10 Å². The van der Waals surface area contributed by atoms with Gasteiger partial charge in [0, 0.05) is 6.20 Å². The van der Waals surface area contributed by atoms with Crippen molar-refractivity contribution in [3.63, 3.8) is 0 Å². The minimum Gasteiger partial charge on any atom is -0.422 e. The maximum absolute atomic E-state index is 8.78. The van der Waals surface area contributed by atoms with Gasteiger partial charge in [0.25, 0.3) is 0 Å². The zero-order chi connectivity index (χ0) is 9.35. The molecule has 0 atom stereocenters. The second kappa shape index (κ2) is 2.92. The third kappa shape index (κ3) is 1.87. The third-order valence-electron chi connectivity index (χ3n) is 1.56. The summed E-state index contributed by atoms with van der Waals surface area (Å²) in [6.45, 7) is 5.98. The molecule has 1 rings (SSSR count). The quantitative estimate of drug-likeness (QED) is 0.546. The predicted molar refractivity (Wildman–Crippen MR) is 47.0 cm³/mol. The second-order valence-electron chi connectivity index (χ2n) is 3.73. The second-order valence-corrected chi connectivity index (χ2v) is 3.73. The van der Waals surface area contributed by atoms with Gasteiger partial charge in [0.1, 0.15) is 0 Å². The lowest BCUT2D eigenvalue weighted by Crippen LogP contribution is -2.33. The van der Waals surface area contributed by atoms with E-state index >= 15 is 0 Å². The van der Waals surface area contributed by atoms with Crippen LogP contribution in [-0.2, 0) is 5.54 Å². The largest absolute Gasteiger partial charge is 0.510 e. The molecule has 0 spiro atoms. The van der Waals surface area contributed by atoms with E-state index in [1.54, 1.807) is 16.9 Å². The average molecular weight is 168 g/mol. The van der Waals surface area contributed by atoms with Crippen molar-refractivity contribution in [1.82, 2.24) is 9.78 Å². The number of hydrogen-bond donors (Lipinski definition) is 2. The number of rotatable bonds is 1. The first kappa shape index (κ1) is 9.28. The van der Waals surface area contributed by atoms with Gasteiger partial charge in [0.15, 0.2) is 0 Å². The number of aromatic nitrogens is 2. The van der Waals surface area contributed by atoms with Crippen LogP contribution in [0.3, 0.4) is 0 Å². The molecule has 0 saturated heterocycles. The van der Waals surface area contributed by atoms with Crippen LogP contribution in [0.15, 0.2) is 12.3 Å². The molecule has 0 unspecified atom stereocenters. The molecule has 1 aromatic rings. The van der Waals surface area contributed by atoms with Gasteiger partial charge in [-0.05, 0) is 26.8 Å². The molecule has 1 aromatic heterocycles. The van der Waals surface area contributed by atoms with E-state index in [0.717, 1.165) is 0 Å². The van der Waals surface area contributed by atoms with Gasteiger partial charge < -0.3 is 10.0 Å². The molecular formula is C7H13BN2O2. The Morgan fingerprint density at radius 1 is 1.42 bits per heavy atom. The Kier molecular flexibility index (Phi) is 2.26. The highest BCUT2D eigenvalue weighted by molar-refractivity contribution is 6.57. The van der Waals surface area contributed by atoms with Crippen LogP contribution in [0.4, 0.5) is 0 Å². The highest BCUT2D eigenvalue weighted by Gasteiger charge is 2.19. The lowest BCUT2D eigenvalue weighted by Gasteiger charge is -2.18. The molecule has 4 nitrogen and oxygen atoms in total. The van der Waals surface area contributed by atoms with Crippen LogP contribution in [0.2, 0.25) is 0 Å². The Hall–Kier alpha value is -0.805. The van der Waals surface area contributed by atoms with Crippen LogP contribution in [0.25, 0.3) is 0 Å². The lowest BCUT2D eigenvalue weighted by molar-refractivity contribution is 0.355. The van der Waals surface area contributed by atoms with Crippen molar-refractivity contribution in [2.45, 2.75) is 26.3 Å². The summed E-state index contributed by atoms with van der Waals surface area (Å²) in [6, 6.07) is 1.59. The highest BCUT2D eigenvalue weighted by atomic mass is 16.4. The van der Waals surface area contributed by atoms with Crippen LogP contribution in [0.1, 0.15) is 20.8 Å². The molecule has 0 aliphatic carbocycles. The third-order valence-corrected chi connectivity index (χ3v) is 1.56. The molecule has 0 aromatic carbocycles. The Bertz CT molecular complexity index is 265. The van der Waals surface area contributed by atoms with Crippen LogP contribution in [-0.4, -0.2) is 26.9 Å². The van der Waals surface area contributed by atoms with Crippen molar-refractivity contribution in [3.8, 4) is 0 Å². The lowest BCUT2D eigenvalue weighted by atomic mass is 9.87. The van der Waals surface area contributed by atoms with Gasteiger partial charge in [-0.15, -0.1) is 0 Å². The van der Waals surface area contributed by atoms with Crippen LogP contribution in [0, 0.1) is 0 Å². The Morgan fingerprint density at radius 2 is 2.00 bits per heavy atom. The fourth-order valence-electron chi connectivity index (χ4n) is 0.849. The molecule has 0 bridgehead atoms. The molecule has 66 valence electrons. The van der Waals surface area contributed by atoms with Gasteiger partial charge in [-0.25, -0.2) is 0 Å². The van der Waals surface area contributed by atoms with Crippen molar-refractivity contribution < 1.29 is 10.0 Å². The first-order chi connectivity index (χ1) is 5.41. The summed E-state index contributed by atoms with van der Waals surface area (Å²) in [6.07, 6.45) is 1.73. The Morgan fingerprint density at radius 3 is 2.25 bits per heavy atom. The van der Waals surface area contributed by atoms with E-state index < -0.39 is 7.12 Å².